The fourth-order valence-corrected chi connectivity index (χ4v) is 2.55. The van der Waals surface area contributed by atoms with Gasteiger partial charge in [-0.1, -0.05) is 22.0 Å². The van der Waals surface area contributed by atoms with Crippen LogP contribution in [0.25, 0.3) is 0 Å². The Morgan fingerprint density at radius 1 is 1.38 bits per heavy atom. The Bertz CT molecular complexity index is 413. The van der Waals surface area contributed by atoms with Crippen LogP contribution < -0.4 is 0 Å². The number of carbonyl (C=O) groups excluding carboxylic acids is 1. The molecule has 0 aromatic heterocycles. The number of hydrogen-bond donors (Lipinski definition) is 0. The van der Waals surface area contributed by atoms with Crippen LogP contribution in [0.3, 0.4) is 0 Å². The molecule has 1 atom stereocenters. The second kappa shape index (κ2) is 4.65. The second-order valence-electron chi connectivity index (χ2n) is 3.82. The van der Waals surface area contributed by atoms with Crippen molar-refractivity contribution in [2.24, 2.45) is 5.92 Å². The van der Waals surface area contributed by atoms with Gasteiger partial charge in [-0.2, -0.15) is 0 Å². The first kappa shape index (κ1) is 11.8. The number of ether oxygens (including phenoxy) is 2. The minimum Gasteiger partial charge on any atom is -0.355 e. The van der Waals surface area contributed by atoms with E-state index in [4.69, 9.17) is 9.47 Å². The Balaban J connectivity index is 2.30. The molecule has 0 aliphatic heterocycles. The zero-order valence-corrected chi connectivity index (χ0v) is 10.8. The van der Waals surface area contributed by atoms with Crippen molar-refractivity contribution >= 4 is 21.7 Å². The zero-order valence-electron chi connectivity index (χ0n) is 9.20. The molecule has 0 radical (unpaired) electrons. The standard InChI is InChI=1S/C12H13BrO3/c1-15-12(16-2)10-6-7-5-8(13)3-4-9(7)11(10)14/h3-5,10,12H,6H2,1-2H3. The number of ketones is 1. The largest absolute Gasteiger partial charge is 0.355 e. The molecule has 3 nitrogen and oxygen atoms in total. The molecule has 0 heterocycles. The monoisotopic (exact) mass is 284 g/mol. The van der Waals surface area contributed by atoms with E-state index < -0.39 is 6.29 Å². The van der Waals surface area contributed by atoms with Crippen LogP contribution in [-0.2, 0) is 15.9 Å². The molecule has 0 saturated carbocycles. The molecule has 1 aliphatic rings. The lowest BCUT2D eigenvalue weighted by atomic mass is 10.0. The third kappa shape index (κ3) is 1.93. The fraction of sp³-hybridized carbons (Fsp3) is 0.417. The molecule has 1 aromatic carbocycles. The lowest BCUT2D eigenvalue weighted by molar-refractivity contribution is -0.125. The Kier molecular flexibility index (Phi) is 3.42. The van der Waals surface area contributed by atoms with Crippen molar-refractivity contribution in [1.29, 1.82) is 0 Å². The molecule has 16 heavy (non-hydrogen) atoms. The third-order valence-corrected chi connectivity index (χ3v) is 3.40. The number of halogens is 1. The number of methoxy groups -OCH3 is 2. The molecule has 0 spiro atoms. The summed E-state index contributed by atoms with van der Waals surface area (Å²) in [4.78, 5) is 12.1. The van der Waals surface area contributed by atoms with Crippen molar-refractivity contribution in [2.45, 2.75) is 12.7 Å². The first-order chi connectivity index (χ1) is 7.67. The first-order valence-electron chi connectivity index (χ1n) is 5.05. The minimum atomic E-state index is -0.460. The number of rotatable bonds is 3. The summed E-state index contributed by atoms with van der Waals surface area (Å²) in [6, 6.07) is 5.72. The van der Waals surface area contributed by atoms with Crippen LogP contribution in [0.1, 0.15) is 15.9 Å². The van der Waals surface area contributed by atoms with Gasteiger partial charge in [0, 0.05) is 24.3 Å². The molecule has 4 heteroatoms. The molecule has 2 rings (SSSR count). The van der Waals surface area contributed by atoms with Crippen molar-refractivity contribution in [3.63, 3.8) is 0 Å². The topological polar surface area (TPSA) is 35.5 Å². The van der Waals surface area contributed by atoms with Gasteiger partial charge in [0.1, 0.15) is 0 Å². The van der Waals surface area contributed by atoms with Crippen molar-refractivity contribution in [3.05, 3.63) is 33.8 Å². The van der Waals surface area contributed by atoms with Crippen LogP contribution in [0.5, 0.6) is 0 Å². The summed E-state index contributed by atoms with van der Waals surface area (Å²) in [6.45, 7) is 0. The number of hydrogen-bond acceptors (Lipinski definition) is 3. The Morgan fingerprint density at radius 3 is 2.69 bits per heavy atom. The summed E-state index contributed by atoms with van der Waals surface area (Å²) in [5.41, 5.74) is 1.84. The highest BCUT2D eigenvalue weighted by atomic mass is 79.9. The van der Waals surface area contributed by atoms with Gasteiger partial charge < -0.3 is 9.47 Å². The second-order valence-corrected chi connectivity index (χ2v) is 4.73. The maximum atomic E-state index is 12.1. The molecule has 1 aliphatic carbocycles. The summed E-state index contributed by atoms with van der Waals surface area (Å²) in [6.07, 6.45) is 0.221. The lowest BCUT2D eigenvalue weighted by Crippen LogP contribution is -2.29. The molecule has 0 N–H and O–H groups in total. The van der Waals surface area contributed by atoms with Crippen LogP contribution in [0, 0.1) is 5.92 Å². The molecule has 0 fully saturated rings. The van der Waals surface area contributed by atoms with Crippen LogP contribution >= 0.6 is 15.9 Å². The van der Waals surface area contributed by atoms with Crippen LogP contribution in [0.15, 0.2) is 22.7 Å². The van der Waals surface area contributed by atoms with Gasteiger partial charge in [-0.15, -0.1) is 0 Å². The van der Waals surface area contributed by atoms with E-state index in [1.54, 1.807) is 14.2 Å². The predicted octanol–water partition coefficient (Wildman–Crippen LogP) is 2.42. The van der Waals surface area contributed by atoms with E-state index in [0.29, 0.717) is 6.42 Å². The summed E-state index contributed by atoms with van der Waals surface area (Å²) in [7, 11) is 3.11. The molecule has 1 unspecified atom stereocenters. The SMILES string of the molecule is COC(OC)C1Cc2cc(Br)ccc2C1=O. The van der Waals surface area contributed by atoms with E-state index >= 15 is 0 Å². The van der Waals surface area contributed by atoms with Gasteiger partial charge in [-0.05, 0) is 24.1 Å². The minimum absolute atomic E-state index is 0.108. The van der Waals surface area contributed by atoms with Crippen LogP contribution in [0.4, 0.5) is 0 Å². The summed E-state index contributed by atoms with van der Waals surface area (Å²) < 4.78 is 11.3. The van der Waals surface area contributed by atoms with Gasteiger partial charge in [-0.25, -0.2) is 0 Å². The third-order valence-electron chi connectivity index (χ3n) is 2.90. The van der Waals surface area contributed by atoms with E-state index in [1.807, 2.05) is 18.2 Å². The highest BCUT2D eigenvalue weighted by molar-refractivity contribution is 9.10. The predicted molar refractivity (Wildman–Crippen MR) is 63.5 cm³/mol. The highest BCUT2D eigenvalue weighted by Gasteiger charge is 2.36. The van der Waals surface area contributed by atoms with E-state index in [2.05, 4.69) is 15.9 Å². The number of benzene rings is 1. The average molecular weight is 285 g/mol. The Morgan fingerprint density at radius 2 is 2.06 bits per heavy atom. The molecule has 1 aromatic rings. The van der Waals surface area contributed by atoms with E-state index in [0.717, 1.165) is 15.6 Å². The fourth-order valence-electron chi connectivity index (χ4n) is 2.15. The quantitative estimate of drug-likeness (QED) is 0.800. The highest BCUT2D eigenvalue weighted by Crippen LogP contribution is 2.31. The molecule has 0 saturated heterocycles. The van der Waals surface area contributed by atoms with E-state index in [1.165, 1.54) is 0 Å². The van der Waals surface area contributed by atoms with Crippen LogP contribution in [-0.4, -0.2) is 26.3 Å². The van der Waals surface area contributed by atoms with E-state index in [-0.39, 0.29) is 11.7 Å². The summed E-state index contributed by atoms with van der Waals surface area (Å²) in [5.74, 6) is -0.115. The maximum Gasteiger partial charge on any atom is 0.171 e. The van der Waals surface area contributed by atoms with Gasteiger partial charge in [0.25, 0.3) is 0 Å². The molecule has 0 bridgehead atoms. The number of carbonyl (C=O) groups is 1. The molecule has 86 valence electrons. The van der Waals surface area contributed by atoms with Crippen molar-refractivity contribution in [1.82, 2.24) is 0 Å². The van der Waals surface area contributed by atoms with Gasteiger partial charge in [0.15, 0.2) is 12.1 Å². The number of Topliss-reactive ketones (excluding diaryl/α,β-unsaturated/α-hetero) is 1. The maximum absolute atomic E-state index is 12.1. The average Bonchev–Trinajstić information content (AvgIpc) is 2.58. The molecular formula is C12H13BrO3. The molecular weight excluding hydrogens is 272 g/mol. The summed E-state index contributed by atoms with van der Waals surface area (Å²) >= 11 is 3.40. The van der Waals surface area contributed by atoms with E-state index in [9.17, 15) is 4.79 Å². The van der Waals surface area contributed by atoms with Gasteiger partial charge >= 0.3 is 0 Å². The Labute approximate surface area is 103 Å². The summed E-state index contributed by atoms with van der Waals surface area (Å²) in [5, 5.41) is 0. The van der Waals surface area contributed by atoms with Crippen LogP contribution in [0.2, 0.25) is 0 Å². The first-order valence-corrected chi connectivity index (χ1v) is 5.85. The van der Waals surface area contributed by atoms with Gasteiger partial charge in [-0.3, -0.25) is 4.79 Å². The van der Waals surface area contributed by atoms with Gasteiger partial charge in [0.2, 0.25) is 0 Å². The lowest BCUT2D eigenvalue weighted by Gasteiger charge is -2.18. The molecule has 0 amide bonds. The normalized spacial score (nSPS) is 19.2. The smallest absolute Gasteiger partial charge is 0.171 e. The number of fused-ring (bicyclic) bond motifs is 1. The van der Waals surface area contributed by atoms with Crippen molar-refractivity contribution < 1.29 is 14.3 Å². The Hall–Kier alpha value is -0.710. The van der Waals surface area contributed by atoms with Gasteiger partial charge in [0.05, 0.1) is 5.92 Å². The van der Waals surface area contributed by atoms with Crippen molar-refractivity contribution in [3.8, 4) is 0 Å². The van der Waals surface area contributed by atoms with Crippen molar-refractivity contribution in [2.75, 3.05) is 14.2 Å². The zero-order chi connectivity index (χ0) is 11.7.